The summed E-state index contributed by atoms with van der Waals surface area (Å²) in [7, 11) is -4.54. The number of esters is 1. The first-order chi connectivity index (χ1) is 29.7. The molecule has 5 rings (SSSR count). The van der Waals surface area contributed by atoms with E-state index in [4.69, 9.17) is 23.3 Å². The largest absolute Gasteiger partial charge is 0.573 e. The van der Waals surface area contributed by atoms with E-state index in [1.54, 1.807) is 0 Å². The van der Waals surface area contributed by atoms with E-state index in [1.807, 2.05) is 0 Å². The molecule has 1 aliphatic rings. The first-order valence-electron chi connectivity index (χ1n) is 17.6. The number of cyclic esters (lactones) is 1. The van der Waals surface area contributed by atoms with Gasteiger partial charge in [-0.05, 0) is 70.8 Å². The Morgan fingerprint density at radius 1 is 0.500 bits per heavy atom. The van der Waals surface area contributed by atoms with Gasteiger partial charge in [-0.25, -0.2) is 9.36 Å². The van der Waals surface area contributed by atoms with Crippen LogP contribution in [0.25, 0.3) is 0 Å². The maximum Gasteiger partial charge on any atom is 0.573 e. The molecule has 350 valence electrons. The maximum absolute atomic E-state index is 12.3. The lowest BCUT2D eigenvalue weighted by Gasteiger charge is -2.15. The Labute approximate surface area is 352 Å². The lowest BCUT2D eigenvalue weighted by molar-refractivity contribution is -0.275. The van der Waals surface area contributed by atoms with Gasteiger partial charge in [0.2, 0.25) is 5.76 Å². The summed E-state index contributed by atoms with van der Waals surface area (Å²) in [5.41, 5.74) is 1.39. The summed E-state index contributed by atoms with van der Waals surface area (Å²) in [6.45, 7) is -1.63. The van der Waals surface area contributed by atoms with E-state index in [-0.39, 0.29) is 48.9 Å². The summed E-state index contributed by atoms with van der Waals surface area (Å²) in [5.74, 6) is -2.99. The molecule has 4 aromatic rings. The van der Waals surface area contributed by atoms with Gasteiger partial charge in [-0.15, -0.1) is 52.7 Å². The summed E-state index contributed by atoms with van der Waals surface area (Å²) in [6, 6.07) is 18.4. The van der Waals surface area contributed by atoms with Crippen LogP contribution >= 0.6 is 7.82 Å². The number of phosphoric ester groups is 1. The van der Waals surface area contributed by atoms with E-state index < -0.39 is 81.6 Å². The highest BCUT2D eigenvalue weighted by molar-refractivity contribution is 7.47. The number of benzene rings is 4. The highest BCUT2D eigenvalue weighted by Crippen LogP contribution is 2.45. The zero-order valence-corrected chi connectivity index (χ0v) is 32.8. The Hall–Kier alpha value is -5.88. The second-order valence-corrected chi connectivity index (χ2v) is 13.9. The highest BCUT2D eigenvalue weighted by atomic mass is 31.2. The van der Waals surface area contributed by atoms with E-state index in [9.17, 15) is 72.0 Å². The van der Waals surface area contributed by atoms with Crippen molar-refractivity contribution in [3.05, 3.63) is 131 Å². The molecule has 2 N–H and O–H groups in total. The summed E-state index contributed by atoms with van der Waals surface area (Å²) in [4.78, 5) is 21.9. The van der Waals surface area contributed by atoms with Gasteiger partial charge in [-0.3, -0.25) is 9.05 Å². The smallest absolute Gasteiger partial charge is 0.485 e. The normalized spacial score (nSPS) is 14.6. The van der Waals surface area contributed by atoms with Gasteiger partial charge in [0.15, 0.2) is 11.9 Å². The van der Waals surface area contributed by atoms with E-state index in [0.717, 1.165) is 48.5 Å². The lowest BCUT2D eigenvalue weighted by atomic mass is 10.2. The van der Waals surface area contributed by atoms with Crippen LogP contribution in [0, 0.1) is 0 Å². The number of phosphoric acid groups is 1. The van der Waals surface area contributed by atoms with Crippen LogP contribution in [0.15, 0.2) is 109 Å². The first kappa shape index (κ1) is 50.8. The van der Waals surface area contributed by atoms with E-state index in [1.165, 1.54) is 48.5 Å². The third-order valence-corrected chi connectivity index (χ3v) is 8.45. The standard InChI is InChI=1S/C22H18F6O7.C16H13F6O6P/c23-21(24,25)34-15-5-1-13(2-6-15)11-31-18-17(9-10-29)33-20(30)19(18)32-12-14-3-7-16(8-4-14)35-22(26,27)28;17-15(18,19)27-13-5-1-11(2-6-13)9-25-29(23,24)26-10-12-3-7-14(8-4-12)28-16(20,21)22/h1-8,17,29H,9-12H2;1-8H,9-10H2,(H,23,24). The Balaban J connectivity index is 0.000000286. The Morgan fingerprint density at radius 2 is 0.797 bits per heavy atom. The van der Waals surface area contributed by atoms with Crippen LogP contribution in [0.2, 0.25) is 0 Å². The van der Waals surface area contributed by atoms with Crippen molar-refractivity contribution in [2.45, 2.75) is 64.4 Å². The van der Waals surface area contributed by atoms with Crippen molar-refractivity contribution in [3.63, 3.8) is 0 Å². The molecule has 0 spiro atoms. The number of carbonyl (C=O) groups is 1. The number of ether oxygens (including phenoxy) is 7. The summed E-state index contributed by atoms with van der Waals surface area (Å²) in [6.07, 6.45) is -20.3. The van der Waals surface area contributed by atoms with Gasteiger partial charge in [0.05, 0.1) is 13.2 Å². The van der Waals surface area contributed by atoms with Crippen molar-refractivity contribution in [3.8, 4) is 23.0 Å². The molecule has 0 amide bonds. The van der Waals surface area contributed by atoms with Crippen molar-refractivity contribution in [2.24, 2.45) is 0 Å². The van der Waals surface area contributed by atoms with E-state index in [2.05, 4.69) is 18.9 Å². The molecular weight excluding hydrogens is 923 g/mol. The second-order valence-electron chi connectivity index (χ2n) is 12.5. The van der Waals surface area contributed by atoms with E-state index >= 15 is 0 Å². The van der Waals surface area contributed by atoms with Crippen LogP contribution < -0.4 is 18.9 Å². The number of hydrogen-bond donors (Lipinski definition) is 2. The third-order valence-electron chi connectivity index (χ3n) is 7.54. The van der Waals surface area contributed by atoms with Crippen LogP contribution in [0.4, 0.5) is 52.7 Å². The molecule has 0 saturated heterocycles. The van der Waals surface area contributed by atoms with Crippen molar-refractivity contribution < 1.29 is 114 Å². The van der Waals surface area contributed by atoms with Gasteiger partial charge >= 0.3 is 39.2 Å². The minimum Gasteiger partial charge on any atom is -0.485 e. The fourth-order valence-electron chi connectivity index (χ4n) is 4.89. The third kappa shape index (κ3) is 18.8. The fraction of sp³-hybridized carbons (Fsp3) is 0.289. The van der Waals surface area contributed by atoms with Crippen molar-refractivity contribution >= 4 is 13.8 Å². The minimum absolute atomic E-state index is 0.00419. The van der Waals surface area contributed by atoms with Gasteiger partial charge in [-0.1, -0.05) is 48.5 Å². The second kappa shape index (κ2) is 21.7. The molecule has 1 unspecified atom stereocenters. The number of hydrogen-bond acceptors (Lipinski definition) is 12. The number of carbonyl (C=O) groups excluding carboxylic acids is 1. The molecular formula is C38H31F12O13P. The molecule has 0 aromatic heterocycles. The van der Waals surface area contributed by atoms with Gasteiger partial charge in [0, 0.05) is 13.0 Å². The van der Waals surface area contributed by atoms with E-state index in [0.29, 0.717) is 11.1 Å². The predicted octanol–water partition coefficient (Wildman–Crippen LogP) is 10.1. The molecule has 0 fully saturated rings. The van der Waals surface area contributed by atoms with Crippen LogP contribution in [0.1, 0.15) is 28.7 Å². The monoisotopic (exact) mass is 954 g/mol. The molecule has 4 aromatic carbocycles. The molecule has 64 heavy (non-hydrogen) atoms. The number of halogens is 12. The van der Waals surface area contributed by atoms with Gasteiger partial charge in [0.1, 0.15) is 36.2 Å². The lowest BCUT2D eigenvalue weighted by Crippen LogP contribution is -2.17. The van der Waals surface area contributed by atoms with Crippen LogP contribution in [-0.2, 0) is 59.0 Å². The topological polar surface area (TPSA) is 158 Å². The predicted molar refractivity (Wildman–Crippen MR) is 190 cm³/mol. The van der Waals surface area contributed by atoms with Gasteiger partial charge < -0.3 is 43.2 Å². The zero-order valence-electron chi connectivity index (χ0n) is 31.9. The van der Waals surface area contributed by atoms with Crippen molar-refractivity contribution in [2.75, 3.05) is 6.61 Å². The minimum atomic E-state index is -4.84. The fourth-order valence-corrected chi connectivity index (χ4v) is 5.59. The van der Waals surface area contributed by atoms with Crippen LogP contribution in [0.5, 0.6) is 23.0 Å². The van der Waals surface area contributed by atoms with Crippen molar-refractivity contribution in [1.29, 1.82) is 0 Å². The molecule has 0 radical (unpaired) electrons. The SMILES string of the molecule is O=C1OC(CCO)C(OCc2ccc(OC(F)(F)F)cc2)=C1OCc1ccc(OC(F)(F)F)cc1.O=P(O)(OCc1ccc(OC(F)(F)F)cc1)OCc1ccc(OC(F)(F)F)cc1. The first-order valence-corrected chi connectivity index (χ1v) is 19.1. The quantitative estimate of drug-likeness (QED) is 0.0552. The molecule has 1 heterocycles. The molecule has 0 aliphatic carbocycles. The van der Waals surface area contributed by atoms with Crippen LogP contribution in [-0.4, -0.2) is 54.1 Å². The Kier molecular flexibility index (Phi) is 17.2. The summed E-state index contributed by atoms with van der Waals surface area (Å²) >= 11 is 0. The Bertz CT molecular complexity index is 2110. The molecule has 26 heteroatoms. The average Bonchev–Trinajstić information content (AvgIpc) is 3.47. The highest BCUT2D eigenvalue weighted by Gasteiger charge is 2.38. The molecule has 0 saturated carbocycles. The van der Waals surface area contributed by atoms with Crippen molar-refractivity contribution in [1.82, 2.24) is 0 Å². The van der Waals surface area contributed by atoms with Crippen LogP contribution in [0.3, 0.4) is 0 Å². The number of rotatable bonds is 18. The zero-order chi connectivity index (χ0) is 47.3. The summed E-state index contributed by atoms with van der Waals surface area (Å²) in [5, 5.41) is 9.23. The number of alkyl halides is 12. The molecule has 13 nitrogen and oxygen atoms in total. The molecule has 1 atom stereocenters. The van der Waals surface area contributed by atoms with Gasteiger partial charge in [-0.2, -0.15) is 0 Å². The number of aliphatic hydroxyl groups is 1. The Morgan fingerprint density at radius 3 is 1.09 bits per heavy atom. The number of aliphatic hydroxyl groups excluding tert-OH is 1. The maximum atomic E-state index is 12.3. The van der Waals surface area contributed by atoms with Gasteiger partial charge in [0.25, 0.3) is 0 Å². The average molecular weight is 955 g/mol. The molecule has 1 aliphatic heterocycles. The molecule has 0 bridgehead atoms. The summed E-state index contributed by atoms with van der Waals surface area (Å²) < 4.78 is 199.